The lowest BCUT2D eigenvalue weighted by molar-refractivity contribution is -0.134. The summed E-state index contributed by atoms with van der Waals surface area (Å²) in [5.74, 6) is 0.114. The summed E-state index contributed by atoms with van der Waals surface area (Å²) in [6, 6.07) is 8.28. The molecule has 3 rings (SSSR count). The van der Waals surface area contributed by atoms with Gasteiger partial charge in [0, 0.05) is 36.6 Å². The molecule has 5 nitrogen and oxygen atoms in total. The molecule has 1 aliphatic rings. The second-order valence-electron chi connectivity index (χ2n) is 6.09. The third kappa shape index (κ3) is 3.64. The Morgan fingerprint density at radius 1 is 1.17 bits per heavy atom. The first-order chi connectivity index (χ1) is 11.6. The molecule has 2 heterocycles. The predicted molar refractivity (Wildman–Crippen MR) is 94.9 cm³/mol. The maximum Gasteiger partial charge on any atom is 0.228 e. The first-order valence-corrected chi connectivity index (χ1v) is 8.89. The lowest BCUT2D eigenvalue weighted by Gasteiger charge is -2.32. The number of aryl methyl sites for hydroxylation is 2. The molecule has 1 saturated heterocycles. The summed E-state index contributed by atoms with van der Waals surface area (Å²) in [6.45, 7) is 6.48. The monoisotopic (exact) mass is 343 g/mol. The summed E-state index contributed by atoms with van der Waals surface area (Å²) in [7, 11) is 0. The van der Waals surface area contributed by atoms with E-state index < -0.39 is 0 Å². The van der Waals surface area contributed by atoms with Crippen LogP contribution < -0.4 is 0 Å². The van der Waals surface area contributed by atoms with E-state index in [-0.39, 0.29) is 5.91 Å². The Morgan fingerprint density at radius 3 is 2.46 bits per heavy atom. The number of nitrogens with zero attached hydrogens (tertiary/aromatic N) is 3. The van der Waals surface area contributed by atoms with Crippen molar-refractivity contribution in [3.63, 3.8) is 0 Å². The quantitative estimate of drug-likeness (QED) is 0.800. The molecule has 1 fully saturated rings. The highest BCUT2D eigenvalue weighted by Crippen LogP contribution is 2.28. The average molecular weight is 343 g/mol. The molecular weight excluding hydrogens is 322 g/mol. The Hall–Kier alpha value is -2.21. The molecule has 0 radical (unpaired) electrons. The van der Waals surface area contributed by atoms with Gasteiger partial charge < -0.3 is 9.80 Å². The second kappa shape index (κ2) is 7.13. The van der Waals surface area contributed by atoms with Crippen LogP contribution in [0.4, 0.5) is 0 Å². The van der Waals surface area contributed by atoms with Gasteiger partial charge in [0.05, 0.1) is 12.1 Å². The maximum absolute atomic E-state index is 12.5. The average Bonchev–Trinajstić information content (AvgIpc) is 2.96. The summed E-state index contributed by atoms with van der Waals surface area (Å²) in [5.41, 5.74) is 3.24. The molecule has 0 atom stereocenters. The van der Waals surface area contributed by atoms with Crippen molar-refractivity contribution >= 4 is 23.7 Å². The van der Waals surface area contributed by atoms with Crippen LogP contribution in [-0.4, -0.2) is 53.3 Å². The highest BCUT2D eigenvalue weighted by atomic mass is 32.1. The molecule has 2 aromatic rings. The van der Waals surface area contributed by atoms with Crippen molar-refractivity contribution in [2.24, 2.45) is 0 Å². The summed E-state index contributed by atoms with van der Waals surface area (Å²) in [6.07, 6.45) is 1.24. The normalized spacial score (nSPS) is 14.8. The minimum Gasteiger partial charge on any atom is -0.342 e. The van der Waals surface area contributed by atoms with Gasteiger partial charge >= 0.3 is 0 Å². The largest absolute Gasteiger partial charge is 0.342 e. The standard InChI is InChI=1S/C18H21N3O2S/c1-13-3-5-15(6-4-13)18-19-14(2)16(24-18)11-17(23)21-9-7-20(12-22)8-10-21/h3-6,12H,7-11H2,1-2H3. The fourth-order valence-corrected chi connectivity index (χ4v) is 3.80. The molecule has 0 spiro atoms. The Kier molecular flexibility index (Phi) is 4.94. The van der Waals surface area contributed by atoms with E-state index in [1.807, 2.05) is 11.8 Å². The van der Waals surface area contributed by atoms with Gasteiger partial charge in [0.25, 0.3) is 0 Å². The molecule has 24 heavy (non-hydrogen) atoms. The number of carbonyl (C=O) groups is 2. The summed E-state index contributed by atoms with van der Waals surface area (Å²) < 4.78 is 0. The highest BCUT2D eigenvalue weighted by Gasteiger charge is 2.22. The number of benzene rings is 1. The van der Waals surface area contributed by atoms with E-state index >= 15 is 0 Å². The summed E-state index contributed by atoms with van der Waals surface area (Å²) >= 11 is 1.59. The van der Waals surface area contributed by atoms with E-state index in [1.54, 1.807) is 16.2 Å². The van der Waals surface area contributed by atoms with Gasteiger partial charge in [0.2, 0.25) is 12.3 Å². The van der Waals surface area contributed by atoms with Gasteiger partial charge in [-0.25, -0.2) is 4.98 Å². The molecule has 126 valence electrons. The lowest BCUT2D eigenvalue weighted by atomic mass is 10.2. The third-order valence-electron chi connectivity index (χ3n) is 4.32. The van der Waals surface area contributed by atoms with Crippen LogP contribution in [0.25, 0.3) is 10.6 Å². The second-order valence-corrected chi connectivity index (χ2v) is 7.18. The first kappa shape index (κ1) is 16.6. The smallest absolute Gasteiger partial charge is 0.228 e. The molecule has 2 amide bonds. The Bertz CT molecular complexity index is 731. The van der Waals surface area contributed by atoms with Crippen LogP contribution in [0.1, 0.15) is 16.1 Å². The minimum absolute atomic E-state index is 0.114. The van der Waals surface area contributed by atoms with Crippen molar-refractivity contribution < 1.29 is 9.59 Å². The third-order valence-corrected chi connectivity index (χ3v) is 5.53. The van der Waals surface area contributed by atoms with E-state index in [4.69, 9.17) is 0 Å². The van der Waals surface area contributed by atoms with Crippen LogP contribution in [0.5, 0.6) is 0 Å². The van der Waals surface area contributed by atoms with E-state index in [0.717, 1.165) is 27.6 Å². The topological polar surface area (TPSA) is 53.5 Å². The van der Waals surface area contributed by atoms with Gasteiger partial charge in [-0.2, -0.15) is 0 Å². The summed E-state index contributed by atoms with van der Waals surface area (Å²) in [5, 5.41) is 0.959. The van der Waals surface area contributed by atoms with Crippen molar-refractivity contribution in [3.8, 4) is 10.6 Å². The Balaban J connectivity index is 1.68. The number of hydrogen-bond acceptors (Lipinski definition) is 4. The first-order valence-electron chi connectivity index (χ1n) is 8.07. The maximum atomic E-state index is 12.5. The Labute approximate surface area is 145 Å². The van der Waals surface area contributed by atoms with Crippen molar-refractivity contribution in [3.05, 3.63) is 40.4 Å². The SMILES string of the molecule is Cc1ccc(-c2nc(C)c(CC(=O)N3CCN(C=O)CC3)s2)cc1. The molecule has 0 aliphatic carbocycles. The Morgan fingerprint density at radius 2 is 1.83 bits per heavy atom. The van der Waals surface area contributed by atoms with Gasteiger partial charge in [-0.1, -0.05) is 29.8 Å². The predicted octanol–water partition coefficient (Wildman–Crippen LogP) is 2.27. The molecule has 6 heteroatoms. The molecule has 0 saturated carbocycles. The zero-order chi connectivity index (χ0) is 17.1. The van der Waals surface area contributed by atoms with Crippen molar-refractivity contribution in [2.45, 2.75) is 20.3 Å². The van der Waals surface area contributed by atoms with Crippen LogP contribution in [0.3, 0.4) is 0 Å². The van der Waals surface area contributed by atoms with Crippen LogP contribution in [0, 0.1) is 13.8 Å². The van der Waals surface area contributed by atoms with E-state index in [0.29, 0.717) is 32.6 Å². The number of thiazole rings is 1. The van der Waals surface area contributed by atoms with Crippen molar-refractivity contribution in [1.82, 2.24) is 14.8 Å². The molecule has 1 aliphatic heterocycles. The van der Waals surface area contributed by atoms with E-state index in [9.17, 15) is 9.59 Å². The van der Waals surface area contributed by atoms with Crippen LogP contribution in [0.15, 0.2) is 24.3 Å². The van der Waals surface area contributed by atoms with E-state index in [1.165, 1.54) is 5.56 Å². The van der Waals surface area contributed by atoms with Gasteiger partial charge in [-0.3, -0.25) is 9.59 Å². The van der Waals surface area contributed by atoms with Crippen LogP contribution >= 0.6 is 11.3 Å². The lowest BCUT2D eigenvalue weighted by Crippen LogP contribution is -2.48. The van der Waals surface area contributed by atoms with Crippen LogP contribution in [-0.2, 0) is 16.0 Å². The molecule has 0 bridgehead atoms. The number of aromatic nitrogens is 1. The van der Waals surface area contributed by atoms with Gasteiger partial charge in [0.15, 0.2) is 0 Å². The number of hydrogen-bond donors (Lipinski definition) is 0. The van der Waals surface area contributed by atoms with Crippen molar-refractivity contribution in [1.29, 1.82) is 0 Å². The van der Waals surface area contributed by atoms with E-state index in [2.05, 4.69) is 36.2 Å². The number of amides is 2. The van der Waals surface area contributed by atoms with Crippen LogP contribution in [0.2, 0.25) is 0 Å². The molecule has 0 N–H and O–H groups in total. The molecule has 0 unspecified atom stereocenters. The molecule has 1 aromatic heterocycles. The zero-order valence-electron chi connectivity index (χ0n) is 14.0. The zero-order valence-corrected chi connectivity index (χ0v) is 14.8. The fourth-order valence-electron chi connectivity index (χ4n) is 2.74. The molecule has 1 aromatic carbocycles. The van der Waals surface area contributed by atoms with Gasteiger partial charge in [-0.15, -0.1) is 11.3 Å². The number of piperazine rings is 1. The van der Waals surface area contributed by atoms with Crippen molar-refractivity contribution in [2.75, 3.05) is 26.2 Å². The van der Waals surface area contributed by atoms with Gasteiger partial charge in [-0.05, 0) is 13.8 Å². The summed E-state index contributed by atoms with van der Waals surface area (Å²) in [4.78, 5) is 32.4. The minimum atomic E-state index is 0.114. The fraction of sp³-hybridized carbons (Fsp3) is 0.389. The molecular formula is C18H21N3O2S. The van der Waals surface area contributed by atoms with Gasteiger partial charge in [0.1, 0.15) is 5.01 Å². The highest BCUT2D eigenvalue weighted by molar-refractivity contribution is 7.15. The number of rotatable bonds is 4. The number of carbonyl (C=O) groups excluding carboxylic acids is 2.